The van der Waals surface area contributed by atoms with Gasteiger partial charge >= 0.3 is 5.97 Å². The number of carbonyl (C=O) groups is 1. The zero-order valence-electron chi connectivity index (χ0n) is 12.8. The first-order valence-electron chi connectivity index (χ1n) is 7.09. The van der Waals surface area contributed by atoms with Crippen molar-refractivity contribution in [1.82, 2.24) is 15.0 Å². The topological polar surface area (TPSA) is 97.2 Å². The van der Waals surface area contributed by atoms with Gasteiger partial charge in [-0.15, -0.1) is 0 Å². The van der Waals surface area contributed by atoms with Crippen molar-refractivity contribution in [3.63, 3.8) is 0 Å². The fourth-order valence-corrected chi connectivity index (χ4v) is 2.15. The van der Waals surface area contributed by atoms with Crippen molar-refractivity contribution in [3.05, 3.63) is 60.6 Å². The van der Waals surface area contributed by atoms with Crippen molar-refractivity contribution in [2.75, 3.05) is 12.4 Å². The number of nitrogens with zero attached hydrogens (tertiary/aromatic N) is 3. The zero-order chi connectivity index (χ0) is 16.9. The summed E-state index contributed by atoms with van der Waals surface area (Å²) in [5.41, 5.74) is 2.17. The van der Waals surface area contributed by atoms with Gasteiger partial charge in [0.2, 0.25) is 5.95 Å². The van der Waals surface area contributed by atoms with Crippen molar-refractivity contribution < 1.29 is 14.6 Å². The lowest BCUT2D eigenvalue weighted by molar-refractivity contribution is 0.0697. The molecule has 0 radical (unpaired) electrons. The molecule has 0 fully saturated rings. The average Bonchev–Trinajstić information content (AvgIpc) is 2.62. The minimum atomic E-state index is -1.02. The van der Waals surface area contributed by atoms with Gasteiger partial charge in [0.15, 0.2) is 0 Å². The van der Waals surface area contributed by atoms with E-state index in [4.69, 9.17) is 9.84 Å². The predicted molar refractivity (Wildman–Crippen MR) is 88.5 cm³/mol. The van der Waals surface area contributed by atoms with Crippen LogP contribution in [0, 0.1) is 0 Å². The second-order valence-electron chi connectivity index (χ2n) is 4.85. The van der Waals surface area contributed by atoms with E-state index >= 15 is 0 Å². The van der Waals surface area contributed by atoms with Crippen LogP contribution in [-0.4, -0.2) is 33.1 Å². The van der Waals surface area contributed by atoms with E-state index in [2.05, 4.69) is 20.3 Å². The molecule has 0 spiro atoms. The second kappa shape index (κ2) is 6.74. The molecule has 0 atom stereocenters. The number of rotatable bonds is 5. The highest BCUT2D eigenvalue weighted by molar-refractivity contribution is 5.89. The van der Waals surface area contributed by atoms with Gasteiger partial charge in [0.1, 0.15) is 5.75 Å². The fraction of sp³-hybridized carbons (Fsp3) is 0.0588. The molecular formula is C17H14N4O3. The molecule has 2 N–H and O–H groups in total. The molecule has 120 valence electrons. The zero-order valence-corrected chi connectivity index (χ0v) is 12.8. The minimum absolute atomic E-state index is 0.140. The summed E-state index contributed by atoms with van der Waals surface area (Å²) in [6.07, 6.45) is 5.01. The molecule has 2 aromatic heterocycles. The fourth-order valence-electron chi connectivity index (χ4n) is 2.15. The molecule has 0 aliphatic heterocycles. The standard InChI is InChI=1S/C17H14N4O3/c1-24-15-5-4-11(16(22)23)9-14(15)21-17-19-8-6-13(20-17)12-3-2-7-18-10-12/h2-10H,1H3,(H,22,23)(H,19,20,21). The maximum absolute atomic E-state index is 11.1. The van der Waals surface area contributed by atoms with Crippen LogP contribution in [0.4, 0.5) is 11.6 Å². The summed E-state index contributed by atoms with van der Waals surface area (Å²) < 4.78 is 5.25. The van der Waals surface area contributed by atoms with Crippen LogP contribution in [0.15, 0.2) is 55.0 Å². The number of methoxy groups -OCH3 is 1. The summed E-state index contributed by atoms with van der Waals surface area (Å²) in [7, 11) is 1.51. The molecule has 7 nitrogen and oxygen atoms in total. The average molecular weight is 322 g/mol. The van der Waals surface area contributed by atoms with Crippen LogP contribution in [0.2, 0.25) is 0 Å². The lowest BCUT2D eigenvalue weighted by Gasteiger charge is -2.11. The van der Waals surface area contributed by atoms with Crippen molar-refractivity contribution in [3.8, 4) is 17.0 Å². The van der Waals surface area contributed by atoms with E-state index in [1.807, 2.05) is 12.1 Å². The van der Waals surface area contributed by atoms with Gasteiger partial charge in [-0.25, -0.2) is 14.8 Å². The molecule has 0 aliphatic rings. The second-order valence-corrected chi connectivity index (χ2v) is 4.85. The lowest BCUT2D eigenvalue weighted by Crippen LogP contribution is -2.03. The van der Waals surface area contributed by atoms with Crippen LogP contribution >= 0.6 is 0 Å². The highest BCUT2D eigenvalue weighted by Crippen LogP contribution is 2.28. The Morgan fingerprint density at radius 1 is 1.21 bits per heavy atom. The van der Waals surface area contributed by atoms with Crippen LogP contribution in [0.1, 0.15) is 10.4 Å². The number of carboxylic acid groups (broad SMARTS) is 1. The highest BCUT2D eigenvalue weighted by Gasteiger charge is 2.11. The quantitative estimate of drug-likeness (QED) is 0.745. The molecule has 0 aliphatic carbocycles. The van der Waals surface area contributed by atoms with E-state index in [0.29, 0.717) is 23.1 Å². The SMILES string of the molecule is COc1ccc(C(=O)O)cc1Nc1nccc(-c2cccnc2)n1. The summed E-state index contributed by atoms with van der Waals surface area (Å²) in [6.45, 7) is 0. The number of nitrogens with one attached hydrogen (secondary N) is 1. The largest absolute Gasteiger partial charge is 0.495 e. The summed E-state index contributed by atoms with van der Waals surface area (Å²) in [6, 6.07) is 10.0. The van der Waals surface area contributed by atoms with Crippen molar-refractivity contribution in [1.29, 1.82) is 0 Å². The number of aromatic nitrogens is 3. The first kappa shape index (κ1) is 15.4. The molecule has 0 amide bonds. The molecule has 0 saturated heterocycles. The predicted octanol–water partition coefficient (Wildman–Crippen LogP) is 2.99. The van der Waals surface area contributed by atoms with E-state index in [0.717, 1.165) is 5.56 Å². The summed E-state index contributed by atoms with van der Waals surface area (Å²) >= 11 is 0. The summed E-state index contributed by atoms with van der Waals surface area (Å²) in [5.74, 6) is -0.196. The van der Waals surface area contributed by atoms with Crippen molar-refractivity contribution >= 4 is 17.6 Å². The van der Waals surface area contributed by atoms with Gasteiger partial charge in [-0.1, -0.05) is 0 Å². The molecular weight excluding hydrogens is 308 g/mol. The third-order valence-corrected chi connectivity index (χ3v) is 3.31. The van der Waals surface area contributed by atoms with Gasteiger partial charge in [0, 0.05) is 24.2 Å². The molecule has 0 unspecified atom stereocenters. The molecule has 0 saturated carbocycles. The molecule has 2 heterocycles. The molecule has 3 aromatic rings. The molecule has 7 heteroatoms. The molecule has 1 aromatic carbocycles. The molecule has 24 heavy (non-hydrogen) atoms. The Balaban J connectivity index is 1.94. The van der Waals surface area contributed by atoms with Gasteiger partial charge in [-0.3, -0.25) is 4.98 Å². The van der Waals surface area contributed by atoms with Gasteiger partial charge in [-0.2, -0.15) is 0 Å². The van der Waals surface area contributed by atoms with Crippen molar-refractivity contribution in [2.45, 2.75) is 0 Å². The van der Waals surface area contributed by atoms with Crippen molar-refractivity contribution in [2.24, 2.45) is 0 Å². The van der Waals surface area contributed by atoms with E-state index < -0.39 is 5.97 Å². The third-order valence-electron chi connectivity index (χ3n) is 3.31. The monoisotopic (exact) mass is 322 g/mol. The summed E-state index contributed by atoms with van der Waals surface area (Å²) in [5, 5.41) is 12.1. The number of hydrogen-bond acceptors (Lipinski definition) is 6. The number of hydrogen-bond donors (Lipinski definition) is 2. The van der Waals surface area contributed by atoms with Gasteiger partial charge in [0.25, 0.3) is 0 Å². The van der Waals surface area contributed by atoms with Gasteiger partial charge in [-0.05, 0) is 36.4 Å². The molecule has 0 bridgehead atoms. The number of anilines is 2. The smallest absolute Gasteiger partial charge is 0.335 e. The van der Waals surface area contributed by atoms with Crippen LogP contribution in [0.3, 0.4) is 0 Å². The number of carboxylic acids is 1. The Labute approximate surface area is 138 Å². The number of aromatic carboxylic acids is 1. The van der Waals surface area contributed by atoms with Crippen LogP contribution in [-0.2, 0) is 0 Å². The van der Waals surface area contributed by atoms with Gasteiger partial charge < -0.3 is 15.2 Å². The van der Waals surface area contributed by atoms with E-state index in [9.17, 15) is 4.79 Å². The first-order valence-corrected chi connectivity index (χ1v) is 7.09. The Morgan fingerprint density at radius 3 is 2.79 bits per heavy atom. The minimum Gasteiger partial charge on any atom is -0.495 e. The first-order chi connectivity index (χ1) is 11.7. The van der Waals surface area contributed by atoms with Crippen LogP contribution < -0.4 is 10.1 Å². The van der Waals surface area contributed by atoms with Crippen LogP contribution in [0.25, 0.3) is 11.3 Å². The Hall–Kier alpha value is -3.48. The maximum Gasteiger partial charge on any atom is 0.335 e. The van der Waals surface area contributed by atoms with E-state index in [1.54, 1.807) is 30.7 Å². The Bertz CT molecular complexity index is 869. The Morgan fingerprint density at radius 2 is 2.08 bits per heavy atom. The summed E-state index contributed by atoms with van der Waals surface area (Å²) in [4.78, 5) is 23.8. The lowest BCUT2D eigenvalue weighted by atomic mass is 10.2. The number of pyridine rings is 1. The van der Waals surface area contributed by atoms with Crippen LogP contribution in [0.5, 0.6) is 5.75 Å². The number of ether oxygens (including phenoxy) is 1. The normalized spacial score (nSPS) is 10.2. The maximum atomic E-state index is 11.1. The van der Waals surface area contributed by atoms with E-state index in [1.165, 1.54) is 19.2 Å². The Kier molecular flexibility index (Phi) is 4.33. The third kappa shape index (κ3) is 3.30. The molecule has 3 rings (SSSR count). The van der Waals surface area contributed by atoms with Gasteiger partial charge in [0.05, 0.1) is 24.1 Å². The van der Waals surface area contributed by atoms with E-state index in [-0.39, 0.29) is 5.56 Å². The number of benzene rings is 1. The highest BCUT2D eigenvalue weighted by atomic mass is 16.5.